The Morgan fingerprint density at radius 3 is 2.67 bits per heavy atom. The van der Waals surface area contributed by atoms with Crippen molar-refractivity contribution in [3.8, 4) is 0 Å². The summed E-state index contributed by atoms with van der Waals surface area (Å²) in [6.07, 6.45) is 3.69. The van der Waals surface area contributed by atoms with E-state index in [1.807, 2.05) is 0 Å². The van der Waals surface area contributed by atoms with Gasteiger partial charge in [-0.15, -0.1) is 0 Å². The van der Waals surface area contributed by atoms with Crippen LogP contribution in [0.5, 0.6) is 0 Å². The van der Waals surface area contributed by atoms with Crippen LogP contribution < -0.4 is 11.1 Å². The molecule has 0 bridgehead atoms. The van der Waals surface area contributed by atoms with E-state index in [4.69, 9.17) is 5.73 Å². The molecule has 1 aliphatic heterocycles. The molecule has 72 valence electrons. The largest absolute Gasteiger partial charge is 0.330 e. The predicted octanol–water partition coefficient (Wildman–Crippen LogP) is 0.0190. The molecule has 1 fully saturated rings. The Labute approximate surface area is 75.3 Å². The molecule has 0 unspecified atom stereocenters. The van der Waals surface area contributed by atoms with Gasteiger partial charge in [0.15, 0.2) is 0 Å². The molecule has 3 heteroatoms. The van der Waals surface area contributed by atoms with Gasteiger partial charge in [0.1, 0.15) is 0 Å². The van der Waals surface area contributed by atoms with E-state index in [0.29, 0.717) is 0 Å². The highest BCUT2D eigenvalue weighted by Crippen LogP contribution is 2.07. The van der Waals surface area contributed by atoms with Crippen molar-refractivity contribution >= 4 is 0 Å². The number of nitrogens with two attached hydrogens (primary N) is 1. The average molecular weight is 171 g/mol. The molecule has 0 aliphatic carbocycles. The number of nitrogens with zero attached hydrogens (tertiary/aromatic N) is 1. The maximum absolute atomic E-state index is 5.42. The van der Waals surface area contributed by atoms with Gasteiger partial charge in [-0.3, -0.25) is 0 Å². The Kier molecular flexibility index (Phi) is 4.58. The topological polar surface area (TPSA) is 41.3 Å². The minimum atomic E-state index is 0.743. The molecule has 3 N–H and O–H groups in total. The molecule has 0 atom stereocenters. The number of piperidine rings is 1. The molecule has 0 radical (unpaired) electrons. The van der Waals surface area contributed by atoms with Gasteiger partial charge in [-0.2, -0.15) is 0 Å². The Bertz CT molecular complexity index is 108. The second kappa shape index (κ2) is 5.51. The van der Waals surface area contributed by atoms with E-state index >= 15 is 0 Å². The molecular formula is C9H21N3. The lowest BCUT2D eigenvalue weighted by Gasteiger charge is -2.29. The van der Waals surface area contributed by atoms with Gasteiger partial charge in [0.2, 0.25) is 0 Å². The lowest BCUT2D eigenvalue weighted by Crippen LogP contribution is -2.41. The van der Waals surface area contributed by atoms with Gasteiger partial charge < -0.3 is 16.0 Å². The second-order valence-electron chi connectivity index (χ2n) is 3.67. The van der Waals surface area contributed by atoms with Crippen molar-refractivity contribution in [3.63, 3.8) is 0 Å². The standard InChI is InChI=1S/C9H21N3/c1-12-7-3-9(4-8-12)11-6-2-5-10/h9,11H,2-8,10H2,1H3. The zero-order valence-corrected chi connectivity index (χ0v) is 8.05. The fraction of sp³-hybridized carbons (Fsp3) is 1.00. The fourth-order valence-corrected chi connectivity index (χ4v) is 1.62. The van der Waals surface area contributed by atoms with Crippen molar-refractivity contribution in [3.05, 3.63) is 0 Å². The van der Waals surface area contributed by atoms with Gasteiger partial charge in [0, 0.05) is 6.04 Å². The van der Waals surface area contributed by atoms with Crippen LogP contribution in [0, 0.1) is 0 Å². The minimum absolute atomic E-state index is 0.743. The third kappa shape index (κ3) is 3.52. The van der Waals surface area contributed by atoms with Gasteiger partial charge in [-0.1, -0.05) is 0 Å². The van der Waals surface area contributed by atoms with Crippen molar-refractivity contribution in [2.24, 2.45) is 5.73 Å². The first-order valence-corrected chi connectivity index (χ1v) is 4.95. The zero-order chi connectivity index (χ0) is 8.81. The molecule has 1 rings (SSSR count). The van der Waals surface area contributed by atoms with E-state index in [2.05, 4.69) is 17.3 Å². The molecule has 1 aliphatic rings. The summed E-state index contributed by atoms with van der Waals surface area (Å²) in [6.45, 7) is 4.37. The highest BCUT2D eigenvalue weighted by molar-refractivity contribution is 4.75. The molecule has 0 aromatic carbocycles. The Morgan fingerprint density at radius 2 is 2.08 bits per heavy atom. The number of likely N-dealkylation sites (tertiary alicyclic amines) is 1. The molecule has 0 aromatic rings. The van der Waals surface area contributed by atoms with Crippen molar-refractivity contribution < 1.29 is 0 Å². The van der Waals surface area contributed by atoms with Gasteiger partial charge in [-0.25, -0.2) is 0 Å². The molecule has 1 heterocycles. The van der Waals surface area contributed by atoms with E-state index in [1.165, 1.54) is 25.9 Å². The number of nitrogens with one attached hydrogen (secondary N) is 1. The molecule has 0 aromatic heterocycles. The van der Waals surface area contributed by atoms with Crippen LogP contribution in [-0.4, -0.2) is 44.2 Å². The molecular weight excluding hydrogens is 150 g/mol. The van der Waals surface area contributed by atoms with Crippen LogP contribution in [0.3, 0.4) is 0 Å². The Balaban J connectivity index is 2.01. The van der Waals surface area contributed by atoms with Crippen molar-refractivity contribution in [2.45, 2.75) is 25.3 Å². The third-order valence-corrected chi connectivity index (χ3v) is 2.53. The monoisotopic (exact) mass is 171 g/mol. The fourth-order valence-electron chi connectivity index (χ4n) is 1.62. The predicted molar refractivity (Wildman–Crippen MR) is 52.2 cm³/mol. The molecule has 3 nitrogen and oxygen atoms in total. The second-order valence-corrected chi connectivity index (χ2v) is 3.67. The molecule has 1 saturated heterocycles. The summed E-state index contributed by atoms with van der Waals surface area (Å²) >= 11 is 0. The number of hydrogen-bond acceptors (Lipinski definition) is 3. The van der Waals surface area contributed by atoms with Crippen LogP contribution in [0.4, 0.5) is 0 Å². The average Bonchev–Trinajstić information content (AvgIpc) is 2.09. The number of rotatable bonds is 4. The quantitative estimate of drug-likeness (QED) is 0.586. The van der Waals surface area contributed by atoms with Gasteiger partial charge in [0.05, 0.1) is 0 Å². The summed E-state index contributed by atoms with van der Waals surface area (Å²) in [7, 11) is 2.19. The van der Waals surface area contributed by atoms with E-state index < -0.39 is 0 Å². The summed E-state index contributed by atoms with van der Waals surface area (Å²) in [5.41, 5.74) is 5.42. The van der Waals surface area contributed by atoms with Crippen LogP contribution in [0.1, 0.15) is 19.3 Å². The smallest absolute Gasteiger partial charge is 0.00914 e. The Hall–Kier alpha value is -0.120. The van der Waals surface area contributed by atoms with Crippen LogP contribution in [0.2, 0.25) is 0 Å². The summed E-state index contributed by atoms with van der Waals surface area (Å²) in [6, 6.07) is 0.743. The maximum Gasteiger partial charge on any atom is 0.00914 e. The van der Waals surface area contributed by atoms with E-state index in [9.17, 15) is 0 Å². The Morgan fingerprint density at radius 1 is 1.42 bits per heavy atom. The molecule has 0 spiro atoms. The van der Waals surface area contributed by atoms with Gasteiger partial charge >= 0.3 is 0 Å². The SMILES string of the molecule is CN1CCC(NCCCN)CC1. The maximum atomic E-state index is 5.42. The highest BCUT2D eigenvalue weighted by atomic mass is 15.1. The van der Waals surface area contributed by atoms with E-state index in [-0.39, 0.29) is 0 Å². The first-order valence-electron chi connectivity index (χ1n) is 4.95. The first kappa shape index (κ1) is 9.96. The zero-order valence-electron chi connectivity index (χ0n) is 8.05. The first-order chi connectivity index (χ1) is 5.83. The van der Waals surface area contributed by atoms with Crippen LogP contribution in [0.25, 0.3) is 0 Å². The third-order valence-electron chi connectivity index (χ3n) is 2.53. The van der Waals surface area contributed by atoms with Gasteiger partial charge in [0.25, 0.3) is 0 Å². The number of hydrogen-bond donors (Lipinski definition) is 2. The summed E-state index contributed by atoms with van der Waals surface area (Å²) in [4.78, 5) is 2.39. The highest BCUT2D eigenvalue weighted by Gasteiger charge is 2.14. The lowest BCUT2D eigenvalue weighted by molar-refractivity contribution is 0.235. The molecule has 0 amide bonds. The van der Waals surface area contributed by atoms with Crippen molar-refractivity contribution in [1.82, 2.24) is 10.2 Å². The summed E-state index contributed by atoms with van der Waals surface area (Å²) < 4.78 is 0. The minimum Gasteiger partial charge on any atom is -0.330 e. The van der Waals surface area contributed by atoms with Crippen molar-refractivity contribution in [1.29, 1.82) is 0 Å². The van der Waals surface area contributed by atoms with Crippen LogP contribution in [-0.2, 0) is 0 Å². The van der Waals surface area contributed by atoms with E-state index in [1.54, 1.807) is 0 Å². The molecule has 0 saturated carbocycles. The van der Waals surface area contributed by atoms with Crippen LogP contribution in [0.15, 0.2) is 0 Å². The summed E-state index contributed by atoms with van der Waals surface area (Å²) in [5, 5.41) is 3.54. The van der Waals surface area contributed by atoms with E-state index in [0.717, 1.165) is 25.6 Å². The van der Waals surface area contributed by atoms with Crippen molar-refractivity contribution in [2.75, 3.05) is 33.2 Å². The normalized spacial score (nSPS) is 21.5. The van der Waals surface area contributed by atoms with Crippen LogP contribution >= 0.6 is 0 Å². The van der Waals surface area contributed by atoms with Gasteiger partial charge in [-0.05, 0) is 52.5 Å². The lowest BCUT2D eigenvalue weighted by atomic mass is 10.1. The summed E-state index contributed by atoms with van der Waals surface area (Å²) in [5.74, 6) is 0. The molecule has 12 heavy (non-hydrogen) atoms.